The van der Waals surface area contributed by atoms with Crippen LogP contribution in [0.4, 0.5) is 5.69 Å². The smallest absolute Gasteiger partial charge is 0.257 e. The van der Waals surface area contributed by atoms with Crippen LogP contribution in [-0.2, 0) is 4.79 Å². The predicted octanol–water partition coefficient (Wildman–Crippen LogP) is 1.33. The largest absolute Gasteiger partial charge is 0.488 e. The first kappa shape index (κ1) is 16.3. The number of nitrogens with one attached hydrogen (secondary N) is 2. The van der Waals surface area contributed by atoms with Crippen LogP contribution in [-0.4, -0.2) is 50.0 Å². The van der Waals surface area contributed by atoms with Gasteiger partial charge in [-0.15, -0.1) is 0 Å². The first-order chi connectivity index (χ1) is 10.4. The van der Waals surface area contributed by atoms with Gasteiger partial charge in [0, 0.05) is 38.7 Å². The molecule has 0 bridgehead atoms. The predicted molar refractivity (Wildman–Crippen MR) is 85.2 cm³/mol. The van der Waals surface area contributed by atoms with E-state index < -0.39 is 0 Å². The minimum atomic E-state index is -0.172. The maximum absolute atomic E-state index is 12.6. The highest BCUT2D eigenvalue weighted by atomic mass is 16.5. The van der Waals surface area contributed by atoms with Crippen molar-refractivity contribution >= 4 is 17.5 Å². The van der Waals surface area contributed by atoms with Gasteiger partial charge in [0.2, 0.25) is 5.91 Å². The van der Waals surface area contributed by atoms with E-state index in [-0.39, 0.29) is 23.8 Å². The lowest BCUT2D eigenvalue weighted by atomic mass is 10.0. The van der Waals surface area contributed by atoms with Gasteiger partial charge in [0.15, 0.2) is 0 Å². The summed E-state index contributed by atoms with van der Waals surface area (Å²) in [5, 5.41) is 5.82. The van der Waals surface area contributed by atoms with E-state index in [9.17, 15) is 9.59 Å². The van der Waals surface area contributed by atoms with E-state index in [0.29, 0.717) is 30.1 Å². The Hall–Kier alpha value is -2.08. The van der Waals surface area contributed by atoms with E-state index in [1.54, 1.807) is 30.1 Å². The van der Waals surface area contributed by atoms with Crippen molar-refractivity contribution in [2.45, 2.75) is 20.0 Å². The Kier molecular flexibility index (Phi) is 5.03. The Balaban J connectivity index is 2.39. The van der Waals surface area contributed by atoms with Gasteiger partial charge in [0.25, 0.3) is 5.91 Å². The summed E-state index contributed by atoms with van der Waals surface area (Å²) in [7, 11) is 3.67. The molecule has 0 saturated heterocycles. The Labute approximate surface area is 130 Å². The third-order valence-electron chi connectivity index (χ3n) is 3.76. The zero-order chi connectivity index (χ0) is 16.3. The highest BCUT2D eigenvalue weighted by Gasteiger charge is 2.28. The van der Waals surface area contributed by atoms with Crippen molar-refractivity contribution in [2.24, 2.45) is 5.92 Å². The molecule has 22 heavy (non-hydrogen) atoms. The topological polar surface area (TPSA) is 70.7 Å². The number of nitrogens with zero attached hydrogens (tertiary/aromatic N) is 1. The van der Waals surface area contributed by atoms with Crippen LogP contribution < -0.4 is 15.4 Å². The molecule has 120 valence electrons. The normalized spacial score (nSPS) is 21.5. The first-order valence-corrected chi connectivity index (χ1v) is 7.40. The van der Waals surface area contributed by atoms with E-state index in [4.69, 9.17) is 4.74 Å². The van der Waals surface area contributed by atoms with Gasteiger partial charge in [0.1, 0.15) is 11.9 Å². The van der Waals surface area contributed by atoms with Gasteiger partial charge in [-0.2, -0.15) is 0 Å². The van der Waals surface area contributed by atoms with Gasteiger partial charge in [-0.25, -0.2) is 0 Å². The van der Waals surface area contributed by atoms with Crippen LogP contribution in [0.5, 0.6) is 5.75 Å². The van der Waals surface area contributed by atoms with Gasteiger partial charge >= 0.3 is 0 Å². The van der Waals surface area contributed by atoms with Crippen molar-refractivity contribution in [2.75, 3.05) is 32.5 Å². The van der Waals surface area contributed by atoms with Crippen LogP contribution in [0.1, 0.15) is 24.2 Å². The molecule has 1 heterocycles. The maximum atomic E-state index is 12.6. The molecule has 0 radical (unpaired) electrons. The molecule has 1 aromatic carbocycles. The number of anilines is 1. The summed E-state index contributed by atoms with van der Waals surface area (Å²) in [5.41, 5.74) is 1.07. The van der Waals surface area contributed by atoms with Crippen LogP contribution in [0.2, 0.25) is 0 Å². The number of carbonyl (C=O) groups is 2. The van der Waals surface area contributed by atoms with Crippen molar-refractivity contribution in [1.82, 2.24) is 10.2 Å². The molecule has 2 rings (SSSR count). The fourth-order valence-electron chi connectivity index (χ4n) is 2.64. The van der Waals surface area contributed by atoms with Crippen LogP contribution in [0.3, 0.4) is 0 Å². The van der Waals surface area contributed by atoms with Crippen LogP contribution >= 0.6 is 0 Å². The second kappa shape index (κ2) is 6.79. The van der Waals surface area contributed by atoms with E-state index in [0.717, 1.165) is 0 Å². The van der Waals surface area contributed by atoms with Crippen LogP contribution in [0.25, 0.3) is 0 Å². The second-order valence-electron chi connectivity index (χ2n) is 5.77. The number of amides is 2. The molecule has 6 nitrogen and oxygen atoms in total. The lowest BCUT2D eigenvalue weighted by Gasteiger charge is -2.32. The molecule has 1 aliphatic heterocycles. The molecule has 0 aliphatic carbocycles. The maximum Gasteiger partial charge on any atom is 0.257 e. The number of benzene rings is 1. The molecule has 2 N–H and O–H groups in total. The molecule has 0 saturated carbocycles. The summed E-state index contributed by atoms with van der Waals surface area (Å²) < 4.78 is 6.05. The summed E-state index contributed by atoms with van der Waals surface area (Å²) >= 11 is 0. The Morgan fingerprint density at radius 3 is 2.82 bits per heavy atom. The quantitative estimate of drug-likeness (QED) is 0.884. The summed E-state index contributed by atoms with van der Waals surface area (Å²) in [6, 6.07) is 5.16. The van der Waals surface area contributed by atoms with Crippen molar-refractivity contribution in [3.8, 4) is 5.75 Å². The fraction of sp³-hybridized carbons (Fsp3) is 0.500. The molecule has 2 atom stereocenters. The number of rotatable bonds is 3. The molecular weight excluding hydrogens is 282 g/mol. The number of carbonyl (C=O) groups excluding carboxylic acids is 2. The highest BCUT2D eigenvalue weighted by Crippen LogP contribution is 2.28. The molecule has 0 unspecified atom stereocenters. The van der Waals surface area contributed by atoms with Crippen molar-refractivity contribution in [3.63, 3.8) is 0 Å². The number of fused-ring (bicyclic) bond motifs is 1. The standard InChI is InChI=1S/C16H23N3O3/c1-10-9-19(4)16(21)13-7-12(18-11(2)20)5-6-14(13)22-15(10)8-17-3/h5-7,10,15,17H,8-9H2,1-4H3,(H,18,20)/t10-,15-/m1/s1. The Bertz CT molecular complexity index is 574. The van der Waals surface area contributed by atoms with Crippen molar-refractivity contribution in [3.05, 3.63) is 23.8 Å². The summed E-state index contributed by atoms with van der Waals surface area (Å²) in [4.78, 5) is 25.4. The Morgan fingerprint density at radius 2 is 2.18 bits per heavy atom. The lowest BCUT2D eigenvalue weighted by Crippen LogP contribution is -2.44. The van der Waals surface area contributed by atoms with Crippen molar-refractivity contribution < 1.29 is 14.3 Å². The van der Waals surface area contributed by atoms with Gasteiger partial charge in [-0.05, 0) is 25.2 Å². The van der Waals surface area contributed by atoms with E-state index >= 15 is 0 Å². The third-order valence-corrected chi connectivity index (χ3v) is 3.76. The second-order valence-corrected chi connectivity index (χ2v) is 5.77. The number of hydrogen-bond donors (Lipinski definition) is 2. The minimum absolute atomic E-state index is 0.0223. The Morgan fingerprint density at radius 1 is 1.45 bits per heavy atom. The average molecular weight is 305 g/mol. The van der Waals surface area contributed by atoms with Gasteiger partial charge in [0.05, 0.1) is 5.56 Å². The summed E-state index contributed by atoms with van der Waals surface area (Å²) in [6.07, 6.45) is -0.0223. The number of ether oxygens (including phenoxy) is 1. The lowest BCUT2D eigenvalue weighted by molar-refractivity contribution is -0.114. The molecule has 6 heteroatoms. The van der Waals surface area contributed by atoms with Gasteiger partial charge < -0.3 is 20.3 Å². The number of hydrogen-bond acceptors (Lipinski definition) is 4. The molecule has 0 spiro atoms. The molecule has 1 aromatic rings. The average Bonchev–Trinajstić information content (AvgIpc) is 2.45. The fourth-order valence-corrected chi connectivity index (χ4v) is 2.64. The molecule has 1 aliphatic rings. The molecule has 0 aromatic heterocycles. The van der Waals surface area contributed by atoms with Crippen LogP contribution in [0, 0.1) is 5.92 Å². The summed E-state index contributed by atoms with van der Waals surface area (Å²) in [5.74, 6) is 0.494. The first-order valence-electron chi connectivity index (χ1n) is 7.40. The van der Waals surface area contributed by atoms with E-state index in [1.165, 1.54) is 6.92 Å². The summed E-state index contributed by atoms with van der Waals surface area (Å²) in [6.45, 7) is 4.83. The highest BCUT2D eigenvalue weighted by molar-refractivity contribution is 5.99. The van der Waals surface area contributed by atoms with Crippen LogP contribution in [0.15, 0.2) is 18.2 Å². The monoisotopic (exact) mass is 305 g/mol. The SMILES string of the molecule is CNC[C@H]1Oc2ccc(NC(C)=O)cc2C(=O)N(C)C[C@H]1C. The molecule has 2 amide bonds. The third kappa shape index (κ3) is 3.57. The zero-order valence-electron chi connectivity index (χ0n) is 13.5. The van der Waals surface area contributed by atoms with Gasteiger partial charge in [-0.1, -0.05) is 6.92 Å². The zero-order valence-corrected chi connectivity index (χ0v) is 13.5. The van der Waals surface area contributed by atoms with E-state index in [2.05, 4.69) is 17.6 Å². The minimum Gasteiger partial charge on any atom is -0.488 e. The van der Waals surface area contributed by atoms with Crippen molar-refractivity contribution in [1.29, 1.82) is 0 Å². The molecular formula is C16H23N3O3. The number of likely N-dealkylation sites (N-methyl/N-ethyl adjacent to an activating group) is 1. The molecule has 0 fully saturated rings. The van der Waals surface area contributed by atoms with E-state index in [1.807, 2.05) is 7.05 Å². The van der Waals surface area contributed by atoms with Gasteiger partial charge in [-0.3, -0.25) is 9.59 Å².